The van der Waals surface area contributed by atoms with Gasteiger partial charge in [-0.3, -0.25) is 18.9 Å². The molecular formula is C13H20N5O7P. The highest BCUT2D eigenvalue weighted by atomic mass is 31.2. The topological polar surface area (TPSA) is 172 Å². The van der Waals surface area contributed by atoms with E-state index in [0.717, 1.165) is 6.42 Å². The van der Waals surface area contributed by atoms with Crippen molar-refractivity contribution in [2.45, 2.75) is 38.2 Å². The molecule has 13 heteroatoms. The molecule has 0 spiro atoms. The van der Waals surface area contributed by atoms with E-state index < -0.39 is 38.4 Å². The molecule has 144 valence electrons. The van der Waals surface area contributed by atoms with Crippen LogP contribution in [0.4, 0.5) is 5.95 Å². The maximum atomic E-state index is 12.1. The summed E-state index contributed by atoms with van der Waals surface area (Å²) >= 11 is 0. The number of aliphatic hydroxyl groups excluding tert-OH is 1. The van der Waals surface area contributed by atoms with Gasteiger partial charge in [0.25, 0.3) is 5.56 Å². The van der Waals surface area contributed by atoms with Gasteiger partial charge in [-0.25, -0.2) is 9.55 Å². The predicted octanol–water partition coefficient (Wildman–Crippen LogP) is -0.301. The molecule has 5 N–H and O–H groups in total. The summed E-state index contributed by atoms with van der Waals surface area (Å²) in [5.41, 5.74) is -0.00607. The van der Waals surface area contributed by atoms with Crippen LogP contribution in [0, 0.1) is 0 Å². The van der Waals surface area contributed by atoms with Crippen LogP contribution in [-0.2, 0) is 13.8 Å². The van der Waals surface area contributed by atoms with Crippen LogP contribution in [0.25, 0.3) is 11.2 Å². The summed E-state index contributed by atoms with van der Waals surface area (Å²) in [7, 11) is -4.66. The summed E-state index contributed by atoms with van der Waals surface area (Å²) in [5.74, 6) is 0.297. The minimum absolute atomic E-state index is 0.125. The van der Waals surface area contributed by atoms with Gasteiger partial charge < -0.3 is 24.9 Å². The van der Waals surface area contributed by atoms with E-state index in [1.807, 2.05) is 6.92 Å². The molecule has 1 aliphatic rings. The number of hydrogen-bond donors (Lipinski definition) is 5. The number of phosphoric acid groups is 1. The van der Waals surface area contributed by atoms with Crippen LogP contribution in [-0.4, -0.2) is 59.8 Å². The molecule has 0 amide bonds. The first-order valence-electron chi connectivity index (χ1n) is 8.03. The lowest BCUT2D eigenvalue weighted by Crippen LogP contribution is -2.25. The van der Waals surface area contributed by atoms with Gasteiger partial charge in [0, 0.05) is 13.0 Å². The number of H-pyrrole nitrogens is 1. The number of aliphatic hydroxyl groups is 1. The number of fused-ring (bicyclic) bond motifs is 1. The third-order valence-corrected chi connectivity index (χ3v) is 4.38. The van der Waals surface area contributed by atoms with Gasteiger partial charge in [0.1, 0.15) is 12.3 Å². The second-order valence-corrected chi connectivity index (χ2v) is 7.12. The van der Waals surface area contributed by atoms with Crippen molar-refractivity contribution in [1.29, 1.82) is 0 Å². The molecule has 1 fully saturated rings. The second-order valence-electron chi connectivity index (χ2n) is 5.88. The number of imidazole rings is 1. The Bertz CT molecular complexity index is 877. The fraction of sp³-hybridized carbons (Fsp3) is 0.615. The summed E-state index contributed by atoms with van der Waals surface area (Å²) in [6.45, 7) is 2.14. The number of phosphoric ester groups is 1. The quantitative estimate of drug-likeness (QED) is 0.396. The molecule has 2 aromatic heterocycles. The molecule has 3 heterocycles. The Labute approximate surface area is 147 Å². The smallest absolute Gasteiger partial charge is 0.390 e. The zero-order valence-corrected chi connectivity index (χ0v) is 14.8. The molecule has 3 atom stereocenters. The number of anilines is 1. The summed E-state index contributed by atoms with van der Waals surface area (Å²) in [6, 6.07) is 0. The van der Waals surface area contributed by atoms with Gasteiger partial charge in [0.15, 0.2) is 11.2 Å². The highest BCUT2D eigenvalue weighted by molar-refractivity contribution is 7.46. The molecule has 3 rings (SSSR count). The Balaban J connectivity index is 1.83. The van der Waals surface area contributed by atoms with Crippen molar-refractivity contribution in [3.05, 3.63) is 16.7 Å². The Morgan fingerprint density at radius 1 is 1.54 bits per heavy atom. The zero-order chi connectivity index (χ0) is 18.9. The van der Waals surface area contributed by atoms with Crippen molar-refractivity contribution < 1.29 is 28.7 Å². The summed E-state index contributed by atoms with van der Waals surface area (Å²) in [5, 5.41) is 13.0. The van der Waals surface area contributed by atoms with Crippen molar-refractivity contribution in [1.82, 2.24) is 19.5 Å². The van der Waals surface area contributed by atoms with E-state index in [0.29, 0.717) is 12.5 Å². The molecule has 0 radical (unpaired) electrons. The largest absolute Gasteiger partial charge is 0.469 e. The van der Waals surface area contributed by atoms with Gasteiger partial charge in [0.05, 0.1) is 19.0 Å². The molecule has 0 aliphatic carbocycles. The monoisotopic (exact) mass is 389 g/mol. The SMILES string of the molecule is CCCNc1nc2c(ncn2[C@H]2C[C@H](O)[C@@H](COP(=O)(O)O)O2)c(=O)[nH]1. The normalized spacial score (nSPS) is 23.6. The maximum Gasteiger partial charge on any atom is 0.469 e. The molecule has 0 saturated carbocycles. The van der Waals surface area contributed by atoms with Crippen LogP contribution in [0.1, 0.15) is 26.0 Å². The van der Waals surface area contributed by atoms with E-state index in [1.54, 1.807) is 0 Å². The molecular weight excluding hydrogens is 369 g/mol. The molecule has 1 saturated heterocycles. The summed E-state index contributed by atoms with van der Waals surface area (Å²) in [4.78, 5) is 40.6. The van der Waals surface area contributed by atoms with Crippen molar-refractivity contribution in [3.63, 3.8) is 0 Å². The number of aromatic amines is 1. The Morgan fingerprint density at radius 3 is 3.00 bits per heavy atom. The molecule has 2 aromatic rings. The lowest BCUT2D eigenvalue weighted by molar-refractivity contribution is -0.0424. The van der Waals surface area contributed by atoms with Gasteiger partial charge in [-0.2, -0.15) is 4.98 Å². The van der Waals surface area contributed by atoms with Crippen molar-refractivity contribution in [2.75, 3.05) is 18.5 Å². The number of rotatable bonds is 7. The summed E-state index contributed by atoms with van der Waals surface area (Å²) in [6.07, 6.45) is -0.269. The summed E-state index contributed by atoms with van der Waals surface area (Å²) < 4.78 is 22.3. The molecule has 0 aromatic carbocycles. The minimum Gasteiger partial charge on any atom is -0.390 e. The van der Waals surface area contributed by atoms with Crippen LogP contribution in [0.3, 0.4) is 0 Å². The number of ether oxygens (including phenoxy) is 1. The van der Waals surface area contributed by atoms with E-state index in [9.17, 15) is 14.5 Å². The Morgan fingerprint density at radius 2 is 2.31 bits per heavy atom. The zero-order valence-electron chi connectivity index (χ0n) is 13.9. The van der Waals surface area contributed by atoms with Crippen LogP contribution in [0.15, 0.2) is 11.1 Å². The number of aromatic nitrogens is 4. The molecule has 0 bridgehead atoms. The van der Waals surface area contributed by atoms with Gasteiger partial charge in [-0.15, -0.1) is 0 Å². The van der Waals surface area contributed by atoms with E-state index >= 15 is 0 Å². The number of hydrogen-bond acceptors (Lipinski definition) is 8. The standard InChI is InChI=1S/C13H20N5O7P/c1-2-3-14-13-16-11-10(12(20)17-13)15-6-18(11)9-4-7(19)8(25-9)5-24-26(21,22)23/h6-9,19H,2-5H2,1H3,(H2,21,22,23)(H2,14,16,17,20)/t7-,8+,9+/m0/s1. The Hall–Kier alpha value is -1.82. The van der Waals surface area contributed by atoms with E-state index in [2.05, 4.69) is 24.8 Å². The van der Waals surface area contributed by atoms with Crippen LogP contribution < -0.4 is 10.9 Å². The maximum absolute atomic E-state index is 12.1. The van der Waals surface area contributed by atoms with Gasteiger partial charge in [0.2, 0.25) is 5.95 Å². The van der Waals surface area contributed by atoms with Crippen molar-refractivity contribution in [3.8, 4) is 0 Å². The van der Waals surface area contributed by atoms with Crippen LogP contribution in [0.2, 0.25) is 0 Å². The molecule has 26 heavy (non-hydrogen) atoms. The molecule has 12 nitrogen and oxygen atoms in total. The molecule has 1 aliphatic heterocycles. The van der Waals surface area contributed by atoms with Crippen molar-refractivity contribution >= 4 is 24.9 Å². The predicted molar refractivity (Wildman–Crippen MR) is 89.5 cm³/mol. The highest BCUT2D eigenvalue weighted by Crippen LogP contribution is 2.38. The molecule has 0 unspecified atom stereocenters. The lowest BCUT2D eigenvalue weighted by atomic mass is 10.2. The third kappa shape index (κ3) is 4.11. The first-order valence-corrected chi connectivity index (χ1v) is 9.56. The first kappa shape index (κ1) is 19.0. The minimum atomic E-state index is -4.66. The average molecular weight is 389 g/mol. The third-order valence-electron chi connectivity index (χ3n) is 3.90. The number of nitrogens with one attached hydrogen (secondary N) is 2. The fourth-order valence-electron chi connectivity index (χ4n) is 2.67. The first-order chi connectivity index (χ1) is 12.3. The van der Waals surface area contributed by atoms with Gasteiger partial charge in [-0.05, 0) is 6.42 Å². The van der Waals surface area contributed by atoms with Crippen molar-refractivity contribution in [2.24, 2.45) is 0 Å². The van der Waals surface area contributed by atoms with E-state index in [-0.39, 0.29) is 17.6 Å². The number of nitrogens with zero attached hydrogens (tertiary/aromatic N) is 3. The lowest BCUT2D eigenvalue weighted by Gasteiger charge is -2.16. The second kappa shape index (κ2) is 7.43. The Kier molecular flexibility index (Phi) is 5.42. The fourth-order valence-corrected chi connectivity index (χ4v) is 3.01. The van der Waals surface area contributed by atoms with Crippen LogP contribution >= 0.6 is 7.82 Å². The van der Waals surface area contributed by atoms with E-state index in [1.165, 1.54) is 10.9 Å². The van der Waals surface area contributed by atoms with Crippen LogP contribution in [0.5, 0.6) is 0 Å². The van der Waals surface area contributed by atoms with Gasteiger partial charge in [-0.1, -0.05) is 6.92 Å². The van der Waals surface area contributed by atoms with Gasteiger partial charge >= 0.3 is 7.82 Å². The van der Waals surface area contributed by atoms with E-state index in [4.69, 9.17) is 14.5 Å². The average Bonchev–Trinajstić information content (AvgIpc) is 3.14. The highest BCUT2D eigenvalue weighted by Gasteiger charge is 2.37.